The van der Waals surface area contributed by atoms with Crippen molar-refractivity contribution in [1.29, 1.82) is 0 Å². The minimum atomic E-state index is -0.260. The summed E-state index contributed by atoms with van der Waals surface area (Å²) in [6, 6.07) is 5.08. The maximum atomic E-state index is 13.0. The van der Waals surface area contributed by atoms with Crippen molar-refractivity contribution in [2.24, 2.45) is 0 Å². The molecule has 0 aliphatic rings. The average molecular weight is 297 g/mol. The second-order valence-corrected chi connectivity index (χ2v) is 5.20. The van der Waals surface area contributed by atoms with Gasteiger partial charge in [0.1, 0.15) is 11.5 Å². The number of hydrogen-bond acceptors (Lipinski definition) is 2. The highest BCUT2D eigenvalue weighted by Crippen LogP contribution is 2.29. The number of imidazole rings is 1. The Hall–Kier alpha value is -1.20. The topological polar surface area (TPSA) is 17.3 Å². The Labute approximate surface area is 103 Å². The van der Waals surface area contributed by atoms with Crippen LogP contribution < -0.4 is 0 Å². The Kier molecular flexibility index (Phi) is 2.29. The van der Waals surface area contributed by atoms with Gasteiger partial charge in [0.2, 0.25) is 0 Å². The first kappa shape index (κ1) is 9.99. The maximum absolute atomic E-state index is 13.0. The lowest BCUT2D eigenvalue weighted by molar-refractivity contribution is 0.619. The number of hydrogen-bond donors (Lipinski definition) is 0. The molecule has 0 amide bonds. The van der Waals surface area contributed by atoms with Gasteiger partial charge in [-0.25, -0.2) is 9.37 Å². The molecule has 0 fully saturated rings. The number of nitrogens with zero attached hydrogens (tertiary/aromatic N) is 2. The van der Waals surface area contributed by atoms with Crippen molar-refractivity contribution in [3.8, 4) is 10.6 Å². The van der Waals surface area contributed by atoms with E-state index >= 15 is 0 Å². The number of thiophene rings is 1. The third kappa shape index (κ3) is 1.66. The fourth-order valence-corrected chi connectivity index (χ4v) is 2.91. The predicted octanol–water partition coefficient (Wildman–Crippen LogP) is 3.96. The number of aromatic nitrogens is 2. The third-order valence-corrected chi connectivity index (χ3v) is 3.95. The molecule has 0 spiro atoms. The number of rotatable bonds is 1. The standard InChI is InChI=1S/C11H6BrFN2S/c12-7-3-10(16-6-7)9-5-15-4-8(13)1-2-11(15)14-9/h1-6H. The molecule has 0 aromatic carbocycles. The second-order valence-electron chi connectivity index (χ2n) is 3.37. The van der Waals surface area contributed by atoms with E-state index in [2.05, 4.69) is 20.9 Å². The molecule has 16 heavy (non-hydrogen) atoms. The zero-order valence-electron chi connectivity index (χ0n) is 8.02. The summed E-state index contributed by atoms with van der Waals surface area (Å²) in [5.41, 5.74) is 1.61. The van der Waals surface area contributed by atoms with Gasteiger partial charge in [-0.1, -0.05) is 0 Å². The summed E-state index contributed by atoms with van der Waals surface area (Å²) in [6.45, 7) is 0. The van der Waals surface area contributed by atoms with Crippen LogP contribution in [0.4, 0.5) is 4.39 Å². The highest BCUT2D eigenvalue weighted by Gasteiger charge is 2.06. The van der Waals surface area contributed by atoms with Crippen molar-refractivity contribution in [3.63, 3.8) is 0 Å². The first-order valence-electron chi connectivity index (χ1n) is 4.61. The molecule has 3 rings (SSSR count). The molecule has 2 nitrogen and oxygen atoms in total. The summed E-state index contributed by atoms with van der Waals surface area (Å²) in [5, 5.41) is 2.00. The van der Waals surface area contributed by atoms with E-state index in [0.29, 0.717) is 0 Å². The minimum absolute atomic E-state index is 0.260. The second kappa shape index (κ2) is 3.68. The monoisotopic (exact) mass is 296 g/mol. The van der Waals surface area contributed by atoms with E-state index in [1.165, 1.54) is 12.3 Å². The van der Waals surface area contributed by atoms with Gasteiger partial charge in [0, 0.05) is 22.2 Å². The first-order valence-corrected chi connectivity index (χ1v) is 6.28. The SMILES string of the molecule is Fc1ccc2nc(-c3cc(Br)cs3)cn2c1. The molecular formula is C11H6BrFN2S. The zero-order chi connectivity index (χ0) is 11.1. The third-order valence-electron chi connectivity index (χ3n) is 2.23. The van der Waals surface area contributed by atoms with Crippen molar-refractivity contribution in [2.75, 3.05) is 0 Å². The van der Waals surface area contributed by atoms with E-state index in [0.717, 1.165) is 20.7 Å². The summed E-state index contributed by atoms with van der Waals surface area (Å²) in [7, 11) is 0. The zero-order valence-corrected chi connectivity index (χ0v) is 10.4. The number of pyridine rings is 1. The van der Waals surface area contributed by atoms with Crippen LogP contribution in [0, 0.1) is 5.82 Å². The number of fused-ring (bicyclic) bond motifs is 1. The van der Waals surface area contributed by atoms with Crippen LogP contribution >= 0.6 is 27.3 Å². The summed E-state index contributed by atoms with van der Waals surface area (Å²) < 4.78 is 15.7. The van der Waals surface area contributed by atoms with Crippen LogP contribution in [-0.2, 0) is 0 Å². The lowest BCUT2D eigenvalue weighted by atomic mass is 10.4. The Bertz CT molecular complexity index is 659. The van der Waals surface area contributed by atoms with E-state index in [9.17, 15) is 4.39 Å². The van der Waals surface area contributed by atoms with Gasteiger partial charge in [0.05, 0.1) is 10.6 Å². The summed E-state index contributed by atoms with van der Waals surface area (Å²) in [4.78, 5) is 5.49. The Morgan fingerprint density at radius 3 is 2.94 bits per heavy atom. The molecule has 3 aromatic heterocycles. The molecule has 0 atom stereocenters. The van der Waals surface area contributed by atoms with E-state index in [4.69, 9.17) is 0 Å². The highest BCUT2D eigenvalue weighted by molar-refractivity contribution is 9.10. The van der Waals surface area contributed by atoms with Crippen LogP contribution in [0.25, 0.3) is 16.2 Å². The molecule has 3 heterocycles. The summed E-state index contributed by atoms with van der Waals surface area (Å²) in [6.07, 6.45) is 3.26. The van der Waals surface area contributed by atoms with Crippen LogP contribution in [0.2, 0.25) is 0 Å². The maximum Gasteiger partial charge on any atom is 0.139 e. The van der Waals surface area contributed by atoms with Gasteiger partial charge in [-0.2, -0.15) is 0 Å². The molecule has 0 unspecified atom stereocenters. The molecule has 0 radical (unpaired) electrons. The normalized spacial score (nSPS) is 11.1. The van der Waals surface area contributed by atoms with Crippen LogP contribution in [0.15, 0.2) is 40.4 Å². The van der Waals surface area contributed by atoms with Crippen LogP contribution in [0.3, 0.4) is 0 Å². The van der Waals surface area contributed by atoms with Crippen molar-refractivity contribution in [1.82, 2.24) is 9.38 Å². The van der Waals surface area contributed by atoms with E-state index in [1.807, 2.05) is 17.6 Å². The van der Waals surface area contributed by atoms with Crippen molar-refractivity contribution in [3.05, 3.63) is 46.3 Å². The van der Waals surface area contributed by atoms with Crippen LogP contribution in [-0.4, -0.2) is 9.38 Å². The molecule has 0 bridgehead atoms. The van der Waals surface area contributed by atoms with Crippen LogP contribution in [0.5, 0.6) is 0 Å². The molecule has 0 aliphatic carbocycles. The smallest absolute Gasteiger partial charge is 0.139 e. The van der Waals surface area contributed by atoms with Gasteiger partial charge in [-0.05, 0) is 34.1 Å². The molecule has 0 saturated heterocycles. The fraction of sp³-hybridized carbons (Fsp3) is 0. The lowest BCUT2D eigenvalue weighted by Gasteiger charge is -1.90. The Morgan fingerprint density at radius 2 is 2.19 bits per heavy atom. The van der Waals surface area contributed by atoms with Gasteiger partial charge >= 0.3 is 0 Å². The Balaban J connectivity index is 2.18. The van der Waals surface area contributed by atoms with Crippen molar-refractivity contribution < 1.29 is 4.39 Å². The van der Waals surface area contributed by atoms with Gasteiger partial charge in [-0.15, -0.1) is 11.3 Å². The molecule has 0 N–H and O–H groups in total. The Morgan fingerprint density at radius 1 is 1.31 bits per heavy atom. The summed E-state index contributed by atoms with van der Waals surface area (Å²) >= 11 is 5.01. The van der Waals surface area contributed by atoms with E-state index in [1.54, 1.807) is 21.8 Å². The molecule has 80 valence electrons. The van der Waals surface area contributed by atoms with E-state index in [-0.39, 0.29) is 5.82 Å². The summed E-state index contributed by atoms with van der Waals surface area (Å²) in [5.74, 6) is -0.260. The van der Waals surface area contributed by atoms with Gasteiger partial charge in [0.25, 0.3) is 0 Å². The fourth-order valence-electron chi connectivity index (χ4n) is 1.53. The quantitative estimate of drug-likeness (QED) is 0.664. The lowest BCUT2D eigenvalue weighted by Crippen LogP contribution is -1.83. The molecule has 5 heteroatoms. The predicted molar refractivity (Wildman–Crippen MR) is 66.2 cm³/mol. The molecular weight excluding hydrogens is 291 g/mol. The van der Waals surface area contributed by atoms with Gasteiger partial charge in [0.15, 0.2) is 0 Å². The average Bonchev–Trinajstić information content (AvgIpc) is 2.83. The van der Waals surface area contributed by atoms with Crippen molar-refractivity contribution in [2.45, 2.75) is 0 Å². The number of halogens is 2. The van der Waals surface area contributed by atoms with E-state index < -0.39 is 0 Å². The molecule has 0 aliphatic heterocycles. The minimum Gasteiger partial charge on any atom is -0.303 e. The van der Waals surface area contributed by atoms with Crippen LogP contribution in [0.1, 0.15) is 0 Å². The largest absolute Gasteiger partial charge is 0.303 e. The molecule has 0 saturated carbocycles. The molecule has 3 aromatic rings. The van der Waals surface area contributed by atoms with Gasteiger partial charge in [-0.3, -0.25) is 0 Å². The first-order chi connectivity index (χ1) is 7.72. The van der Waals surface area contributed by atoms with Gasteiger partial charge < -0.3 is 4.40 Å². The highest BCUT2D eigenvalue weighted by atomic mass is 79.9. The van der Waals surface area contributed by atoms with Crippen molar-refractivity contribution >= 4 is 32.9 Å².